The summed E-state index contributed by atoms with van der Waals surface area (Å²) in [5.41, 5.74) is 8.84. The van der Waals surface area contributed by atoms with E-state index in [-0.39, 0.29) is 0 Å². The maximum Gasteiger partial charge on any atom is 0.116 e. The predicted octanol–water partition coefficient (Wildman–Crippen LogP) is 5.94. The summed E-state index contributed by atoms with van der Waals surface area (Å²) >= 11 is 0. The summed E-state index contributed by atoms with van der Waals surface area (Å²) in [6.07, 6.45) is 7.39. The first-order valence-corrected chi connectivity index (χ1v) is 10.1. The Hall–Kier alpha value is -4.25. The first-order chi connectivity index (χ1) is 15.2. The highest BCUT2D eigenvalue weighted by atomic mass is 15.1. The van der Waals surface area contributed by atoms with E-state index in [9.17, 15) is 0 Å². The minimum Gasteiger partial charge on any atom is -0.357 e. The normalized spacial score (nSPS) is 11.7. The lowest BCUT2D eigenvalue weighted by molar-refractivity contribution is 1.11. The van der Waals surface area contributed by atoms with Gasteiger partial charge in [0, 0.05) is 40.2 Å². The van der Waals surface area contributed by atoms with Crippen LogP contribution in [0.2, 0.25) is 0 Å². The SMILES string of the molecule is C=C/C=C(/c1ccccn1)c1cc(-c2n[nH]c3ccc(-c4ccccn4)cc23)[nH]c1C. The zero-order valence-corrected chi connectivity index (χ0v) is 17.1. The molecule has 0 aliphatic heterocycles. The monoisotopic (exact) mass is 403 g/mol. The second-order valence-electron chi connectivity index (χ2n) is 7.30. The minimum atomic E-state index is 0.876. The van der Waals surface area contributed by atoms with Gasteiger partial charge in [-0.1, -0.05) is 36.9 Å². The van der Waals surface area contributed by atoms with E-state index in [0.29, 0.717) is 0 Å². The van der Waals surface area contributed by atoms with Crippen LogP contribution in [0, 0.1) is 6.92 Å². The van der Waals surface area contributed by atoms with Crippen LogP contribution in [-0.4, -0.2) is 25.1 Å². The number of hydrogen-bond acceptors (Lipinski definition) is 3. The highest BCUT2D eigenvalue weighted by molar-refractivity contribution is 5.95. The molecule has 4 aromatic heterocycles. The molecule has 0 amide bonds. The molecule has 0 atom stereocenters. The van der Waals surface area contributed by atoms with E-state index in [4.69, 9.17) is 0 Å². The van der Waals surface area contributed by atoms with Crippen molar-refractivity contribution in [2.24, 2.45) is 0 Å². The van der Waals surface area contributed by atoms with E-state index < -0.39 is 0 Å². The number of allylic oxidation sites excluding steroid dienone is 2. The molecule has 0 saturated carbocycles. The van der Waals surface area contributed by atoms with Crippen molar-refractivity contribution in [3.8, 4) is 22.6 Å². The molecule has 150 valence electrons. The molecule has 0 radical (unpaired) electrons. The Balaban J connectivity index is 1.62. The van der Waals surface area contributed by atoms with Crippen molar-refractivity contribution in [2.75, 3.05) is 0 Å². The molecule has 0 saturated heterocycles. The van der Waals surface area contributed by atoms with E-state index in [1.165, 1.54) is 0 Å². The van der Waals surface area contributed by atoms with Crippen molar-refractivity contribution >= 4 is 16.5 Å². The number of aromatic amines is 2. The van der Waals surface area contributed by atoms with Gasteiger partial charge in [0.2, 0.25) is 0 Å². The third-order valence-corrected chi connectivity index (χ3v) is 5.31. The second-order valence-corrected chi connectivity index (χ2v) is 7.30. The quantitative estimate of drug-likeness (QED) is 0.357. The third kappa shape index (κ3) is 3.46. The smallest absolute Gasteiger partial charge is 0.116 e. The van der Waals surface area contributed by atoms with E-state index in [0.717, 1.165) is 56.1 Å². The summed E-state index contributed by atoms with van der Waals surface area (Å²) < 4.78 is 0. The fourth-order valence-corrected chi connectivity index (χ4v) is 3.83. The lowest BCUT2D eigenvalue weighted by Gasteiger charge is -2.05. The van der Waals surface area contributed by atoms with Crippen molar-refractivity contribution in [1.82, 2.24) is 25.1 Å². The molecule has 31 heavy (non-hydrogen) atoms. The van der Waals surface area contributed by atoms with Crippen LogP contribution in [0.1, 0.15) is 17.0 Å². The largest absolute Gasteiger partial charge is 0.357 e. The van der Waals surface area contributed by atoms with Crippen molar-refractivity contribution < 1.29 is 0 Å². The standard InChI is InChI=1S/C26H21N5/c1-3-8-19(23-10-5-7-14-28-23)20-16-25(29-17(20)2)26-21-15-18(11-12-24(21)30-31-26)22-9-4-6-13-27-22/h3-16,29H,1H2,2H3,(H,30,31)/b19-8+. The zero-order valence-electron chi connectivity index (χ0n) is 17.1. The Labute approximate surface area is 180 Å². The van der Waals surface area contributed by atoms with E-state index in [2.05, 4.69) is 56.9 Å². The third-order valence-electron chi connectivity index (χ3n) is 5.31. The molecule has 0 fully saturated rings. The van der Waals surface area contributed by atoms with Gasteiger partial charge in [-0.2, -0.15) is 5.10 Å². The Morgan fingerprint density at radius 1 is 0.968 bits per heavy atom. The molecular formula is C26H21N5. The van der Waals surface area contributed by atoms with Crippen molar-refractivity contribution in [3.05, 3.63) is 109 Å². The van der Waals surface area contributed by atoms with Gasteiger partial charge >= 0.3 is 0 Å². The maximum atomic E-state index is 4.60. The van der Waals surface area contributed by atoms with Crippen LogP contribution >= 0.6 is 0 Å². The summed E-state index contributed by atoms with van der Waals surface area (Å²) in [5, 5.41) is 8.79. The van der Waals surface area contributed by atoms with Gasteiger partial charge in [-0.25, -0.2) is 0 Å². The summed E-state index contributed by atoms with van der Waals surface area (Å²) in [5.74, 6) is 0. The molecule has 0 spiro atoms. The van der Waals surface area contributed by atoms with Crippen molar-refractivity contribution in [3.63, 3.8) is 0 Å². The number of rotatable bonds is 5. The fraction of sp³-hybridized carbons (Fsp3) is 0.0385. The molecule has 5 nitrogen and oxygen atoms in total. The minimum absolute atomic E-state index is 0.876. The zero-order chi connectivity index (χ0) is 21.2. The van der Waals surface area contributed by atoms with Gasteiger partial charge in [-0.05, 0) is 49.4 Å². The number of aromatic nitrogens is 5. The molecule has 4 heterocycles. The molecule has 0 aliphatic rings. The molecule has 5 aromatic rings. The van der Waals surface area contributed by atoms with E-state index in [1.807, 2.05) is 54.7 Å². The number of fused-ring (bicyclic) bond motifs is 1. The molecular weight excluding hydrogens is 382 g/mol. The Bertz CT molecular complexity index is 1390. The van der Waals surface area contributed by atoms with Crippen LogP contribution in [0.15, 0.2) is 91.8 Å². The number of nitrogens with one attached hydrogen (secondary N) is 2. The highest BCUT2D eigenvalue weighted by Crippen LogP contribution is 2.33. The first-order valence-electron chi connectivity index (χ1n) is 10.1. The number of pyridine rings is 2. The predicted molar refractivity (Wildman–Crippen MR) is 125 cm³/mol. The van der Waals surface area contributed by atoms with Crippen LogP contribution in [0.25, 0.3) is 39.1 Å². The van der Waals surface area contributed by atoms with Gasteiger partial charge < -0.3 is 4.98 Å². The number of H-pyrrole nitrogens is 2. The molecule has 2 N–H and O–H groups in total. The van der Waals surface area contributed by atoms with Crippen LogP contribution in [0.5, 0.6) is 0 Å². The number of hydrogen-bond donors (Lipinski definition) is 2. The van der Waals surface area contributed by atoms with Crippen molar-refractivity contribution in [2.45, 2.75) is 6.92 Å². The topological polar surface area (TPSA) is 70.2 Å². The first kappa shape index (κ1) is 18.8. The summed E-state index contributed by atoms with van der Waals surface area (Å²) in [6, 6.07) is 20.2. The van der Waals surface area contributed by atoms with Crippen LogP contribution in [0.4, 0.5) is 0 Å². The van der Waals surface area contributed by atoms with Gasteiger partial charge in [0.1, 0.15) is 5.69 Å². The lowest BCUT2D eigenvalue weighted by Crippen LogP contribution is -1.91. The lowest BCUT2D eigenvalue weighted by atomic mass is 10.0. The molecule has 0 aliphatic carbocycles. The van der Waals surface area contributed by atoms with Gasteiger partial charge in [0.15, 0.2) is 0 Å². The molecule has 0 unspecified atom stereocenters. The Morgan fingerprint density at radius 3 is 2.55 bits per heavy atom. The van der Waals surface area contributed by atoms with Crippen molar-refractivity contribution in [1.29, 1.82) is 0 Å². The Morgan fingerprint density at radius 2 is 1.81 bits per heavy atom. The molecule has 5 heteroatoms. The van der Waals surface area contributed by atoms with E-state index >= 15 is 0 Å². The molecule has 5 rings (SSSR count). The molecule has 1 aromatic carbocycles. The Kier molecular flexibility index (Phi) is 4.77. The van der Waals surface area contributed by atoms with Gasteiger partial charge in [-0.3, -0.25) is 15.1 Å². The van der Waals surface area contributed by atoms with Gasteiger partial charge in [0.25, 0.3) is 0 Å². The number of nitrogens with zero attached hydrogens (tertiary/aromatic N) is 3. The highest BCUT2D eigenvalue weighted by Gasteiger charge is 2.16. The van der Waals surface area contributed by atoms with Crippen LogP contribution in [0.3, 0.4) is 0 Å². The maximum absolute atomic E-state index is 4.60. The fourth-order valence-electron chi connectivity index (χ4n) is 3.83. The van der Waals surface area contributed by atoms with Gasteiger partial charge in [0.05, 0.1) is 22.6 Å². The van der Waals surface area contributed by atoms with E-state index in [1.54, 1.807) is 12.3 Å². The number of benzene rings is 1. The van der Waals surface area contributed by atoms with Gasteiger partial charge in [-0.15, -0.1) is 0 Å². The molecule has 0 bridgehead atoms. The van der Waals surface area contributed by atoms with Crippen LogP contribution < -0.4 is 0 Å². The average Bonchev–Trinajstić information content (AvgIpc) is 3.41. The van der Waals surface area contributed by atoms with Crippen LogP contribution in [-0.2, 0) is 0 Å². The average molecular weight is 403 g/mol. The second kappa shape index (κ2) is 7.88. The summed E-state index contributed by atoms with van der Waals surface area (Å²) in [4.78, 5) is 12.5. The summed E-state index contributed by atoms with van der Waals surface area (Å²) in [7, 11) is 0. The summed E-state index contributed by atoms with van der Waals surface area (Å²) in [6.45, 7) is 5.94. The number of aryl methyl sites for hydroxylation is 1.